The molecule has 0 spiro atoms. The minimum Gasteiger partial charge on any atom is -0.135 e. The van der Waals surface area contributed by atoms with E-state index >= 15 is 0 Å². The summed E-state index contributed by atoms with van der Waals surface area (Å²) in [5.74, 6) is 0. The topological polar surface area (TPSA) is 0 Å². The summed E-state index contributed by atoms with van der Waals surface area (Å²) in [7, 11) is 0. The SMILES string of the molecule is c1ccc2cc3cc(-c4c5cccc(-c6cccc7c6sc6ccccc67)c5cc5c(-c6cccc7c6sc6ccccc67)cccc45)ccc3cc2c1. The van der Waals surface area contributed by atoms with E-state index in [4.69, 9.17) is 0 Å². The van der Waals surface area contributed by atoms with Crippen LogP contribution in [0, 0.1) is 0 Å². The molecule has 0 unspecified atom stereocenters. The van der Waals surface area contributed by atoms with Crippen molar-refractivity contribution >= 4 is 106 Å². The standard InChI is InChI=1S/C52H30S2/c1-2-12-32-28-35-29-34(26-25-33(35)27-31(32)11-1)50-40-17-7-15-36(42-19-9-21-44-38-13-3-5-23-48(38)53-51(42)44)46(40)30-47-37(16-8-18-41(47)50)43-20-10-22-45-39-14-4-6-24-49(39)54-52(43)45/h1-30H. The molecule has 0 saturated carbocycles. The van der Waals surface area contributed by atoms with Crippen molar-refractivity contribution in [2.45, 2.75) is 0 Å². The molecule has 0 amide bonds. The van der Waals surface area contributed by atoms with Crippen LogP contribution in [0.2, 0.25) is 0 Å². The van der Waals surface area contributed by atoms with Gasteiger partial charge in [-0.25, -0.2) is 0 Å². The second-order valence-corrected chi connectivity index (χ2v) is 16.5. The fourth-order valence-electron chi connectivity index (χ4n) is 8.96. The van der Waals surface area contributed by atoms with Crippen molar-refractivity contribution in [3.63, 3.8) is 0 Å². The lowest BCUT2D eigenvalue weighted by molar-refractivity contribution is 1.69. The number of benzene rings is 10. The average molecular weight is 719 g/mol. The molecule has 0 radical (unpaired) electrons. The minimum atomic E-state index is 1.24. The first-order valence-electron chi connectivity index (χ1n) is 18.5. The molecule has 0 nitrogen and oxygen atoms in total. The van der Waals surface area contributed by atoms with Gasteiger partial charge in [0.25, 0.3) is 0 Å². The van der Waals surface area contributed by atoms with Crippen LogP contribution in [0.25, 0.3) is 117 Å². The Hall–Kier alpha value is -6.32. The Balaban J connectivity index is 1.21. The molecule has 0 N–H and O–H groups in total. The fourth-order valence-corrected chi connectivity index (χ4v) is 11.4. The van der Waals surface area contributed by atoms with Crippen molar-refractivity contribution in [1.29, 1.82) is 0 Å². The predicted octanol–water partition coefficient (Wildman–Crippen LogP) is 16.0. The molecule has 0 aliphatic carbocycles. The fraction of sp³-hybridized carbons (Fsp3) is 0. The lowest BCUT2D eigenvalue weighted by Crippen LogP contribution is -1.91. The van der Waals surface area contributed by atoms with Crippen LogP contribution in [0.1, 0.15) is 0 Å². The number of rotatable bonds is 3. The molecule has 0 fully saturated rings. The zero-order valence-corrected chi connectivity index (χ0v) is 30.8. The van der Waals surface area contributed by atoms with Gasteiger partial charge in [-0.1, -0.05) is 146 Å². The molecule has 54 heavy (non-hydrogen) atoms. The Kier molecular flexibility index (Phi) is 6.48. The third-order valence-corrected chi connectivity index (χ3v) is 13.9. The van der Waals surface area contributed by atoms with E-state index in [9.17, 15) is 0 Å². The number of hydrogen-bond acceptors (Lipinski definition) is 2. The van der Waals surface area contributed by atoms with Gasteiger partial charge in [0, 0.05) is 51.5 Å². The van der Waals surface area contributed by atoms with E-state index in [1.807, 2.05) is 22.7 Å². The largest absolute Gasteiger partial charge is 0.135 e. The molecular weight excluding hydrogens is 689 g/mol. The summed E-state index contributed by atoms with van der Waals surface area (Å²) in [5, 5.41) is 15.5. The Morgan fingerprint density at radius 3 is 1.28 bits per heavy atom. The smallest absolute Gasteiger partial charge is 0.0434 e. The van der Waals surface area contributed by atoms with Crippen molar-refractivity contribution in [1.82, 2.24) is 0 Å². The third-order valence-electron chi connectivity index (χ3n) is 11.4. The zero-order chi connectivity index (χ0) is 35.3. The maximum Gasteiger partial charge on any atom is 0.0434 e. The van der Waals surface area contributed by atoms with Crippen molar-refractivity contribution in [2.75, 3.05) is 0 Å². The first kappa shape index (κ1) is 30.2. The lowest BCUT2D eigenvalue weighted by atomic mass is 9.85. The second kappa shape index (κ2) is 11.6. The first-order valence-corrected chi connectivity index (χ1v) is 20.1. The third kappa shape index (κ3) is 4.42. The molecule has 12 aromatic rings. The van der Waals surface area contributed by atoms with Gasteiger partial charge in [-0.05, 0) is 102 Å². The predicted molar refractivity (Wildman–Crippen MR) is 239 cm³/mol. The lowest BCUT2D eigenvalue weighted by Gasteiger charge is -2.18. The molecule has 10 aromatic carbocycles. The van der Waals surface area contributed by atoms with Gasteiger partial charge in [0.2, 0.25) is 0 Å². The van der Waals surface area contributed by atoms with Gasteiger partial charge in [-0.3, -0.25) is 0 Å². The summed E-state index contributed by atoms with van der Waals surface area (Å²) in [4.78, 5) is 0. The second-order valence-electron chi connectivity index (χ2n) is 14.4. The van der Waals surface area contributed by atoms with E-state index in [1.165, 1.54) is 117 Å². The molecular formula is C52H30S2. The van der Waals surface area contributed by atoms with Crippen molar-refractivity contribution in [3.05, 3.63) is 182 Å². The normalized spacial score (nSPS) is 12.1. The van der Waals surface area contributed by atoms with Gasteiger partial charge in [0.15, 0.2) is 0 Å². The quantitative estimate of drug-likeness (QED) is 0.160. The number of hydrogen-bond donors (Lipinski definition) is 0. The summed E-state index contributed by atoms with van der Waals surface area (Å²) in [6, 6.07) is 68.1. The molecule has 2 heterocycles. The number of fused-ring (bicyclic) bond motifs is 10. The van der Waals surface area contributed by atoms with Gasteiger partial charge >= 0.3 is 0 Å². The molecule has 0 atom stereocenters. The molecule has 0 aliphatic heterocycles. The van der Waals surface area contributed by atoms with Crippen LogP contribution in [0.5, 0.6) is 0 Å². The molecule has 250 valence electrons. The highest BCUT2D eigenvalue weighted by atomic mass is 32.1. The minimum absolute atomic E-state index is 1.24. The molecule has 2 aromatic heterocycles. The Morgan fingerprint density at radius 2 is 0.704 bits per heavy atom. The van der Waals surface area contributed by atoms with Crippen LogP contribution in [0.3, 0.4) is 0 Å². The van der Waals surface area contributed by atoms with Crippen molar-refractivity contribution in [2.24, 2.45) is 0 Å². The number of thiophene rings is 2. The molecule has 0 bridgehead atoms. The van der Waals surface area contributed by atoms with Crippen LogP contribution in [0.4, 0.5) is 0 Å². The highest BCUT2D eigenvalue weighted by Crippen LogP contribution is 2.48. The summed E-state index contributed by atoms with van der Waals surface area (Å²) in [6.07, 6.45) is 0. The van der Waals surface area contributed by atoms with E-state index in [0.29, 0.717) is 0 Å². The highest BCUT2D eigenvalue weighted by molar-refractivity contribution is 7.26. The Bertz CT molecular complexity index is 3330. The highest BCUT2D eigenvalue weighted by Gasteiger charge is 2.20. The van der Waals surface area contributed by atoms with Crippen molar-refractivity contribution in [3.8, 4) is 33.4 Å². The molecule has 0 saturated heterocycles. The zero-order valence-electron chi connectivity index (χ0n) is 29.1. The summed E-state index contributed by atoms with van der Waals surface area (Å²) in [5.41, 5.74) is 7.65. The van der Waals surface area contributed by atoms with Crippen LogP contribution >= 0.6 is 22.7 Å². The van der Waals surface area contributed by atoms with E-state index < -0.39 is 0 Å². The monoisotopic (exact) mass is 718 g/mol. The van der Waals surface area contributed by atoms with Gasteiger partial charge in [-0.2, -0.15) is 0 Å². The van der Waals surface area contributed by atoms with Gasteiger partial charge in [0.1, 0.15) is 0 Å². The van der Waals surface area contributed by atoms with Crippen LogP contribution in [-0.2, 0) is 0 Å². The Morgan fingerprint density at radius 1 is 0.259 bits per heavy atom. The van der Waals surface area contributed by atoms with E-state index in [-0.39, 0.29) is 0 Å². The average Bonchev–Trinajstić information content (AvgIpc) is 3.80. The van der Waals surface area contributed by atoms with Gasteiger partial charge < -0.3 is 0 Å². The van der Waals surface area contributed by atoms with Crippen LogP contribution < -0.4 is 0 Å². The van der Waals surface area contributed by atoms with Gasteiger partial charge in [-0.15, -0.1) is 22.7 Å². The summed E-state index contributed by atoms with van der Waals surface area (Å²) in [6.45, 7) is 0. The maximum atomic E-state index is 2.49. The van der Waals surface area contributed by atoms with Crippen molar-refractivity contribution < 1.29 is 0 Å². The molecule has 12 rings (SSSR count). The van der Waals surface area contributed by atoms with E-state index in [1.54, 1.807) is 0 Å². The first-order chi connectivity index (χ1) is 26.8. The summed E-state index contributed by atoms with van der Waals surface area (Å²) < 4.78 is 5.34. The van der Waals surface area contributed by atoms with Gasteiger partial charge in [0.05, 0.1) is 0 Å². The van der Waals surface area contributed by atoms with E-state index in [2.05, 4.69) is 182 Å². The summed E-state index contributed by atoms with van der Waals surface area (Å²) >= 11 is 3.81. The Labute approximate surface area is 319 Å². The maximum absolute atomic E-state index is 2.49. The van der Waals surface area contributed by atoms with E-state index in [0.717, 1.165) is 0 Å². The van der Waals surface area contributed by atoms with Crippen LogP contribution in [0.15, 0.2) is 182 Å². The molecule has 2 heteroatoms. The molecule has 0 aliphatic rings. The van der Waals surface area contributed by atoms with Crippen LogP contribution in [-0.4, -0.2) is 0 Å².